The molecule has 2 nitrogen and oxygen atoms in total. The first kappa shape index (κ1) is 15.3. The van der Waals surface area contributed by atoms with Gasteiger partial charge in [-0.15, -0.1) is 0 Å². The van der Waals surface area contributed by atoms with Crippen LogP contribution in [-0.4, -0.2) is 12.7 Å². The predicted molar refractivity (Wildman–Crippen MR) is 91.6 cm³/mol. The number of rotatable bonds is 6. The second kappa shape index (κ2) is 6.27. The highest BCUT2D eigenvalue weighted by Crippen LogP contribution is 2.53. The van der Waals surface area contributed by atoms with E-state index in [1.807, 2.05) is 6.07 Å². The molecule has 0 bridgehead atoms. The molecule has 113 valence electrons. The SMILES string of the molecule is CCCC1(CCC)c2ccccc2-c2ccc([B]OO)cc21. The molecule has 2 aromatic carbocycles. The molecule has 0 aliphatic heterocycles. The van der Waals surface area contributed by atoms with Crippen molar-refractivity contribution in [2.24, 2.45) is 0 Å². The standard InChI is InChI=1S/C19H22BO2/c1-3-11-19(12-4-2)17-8-6-5-7-15(17)16-10-9-14(20-22-21)13-18(16)19/h5-10,13,21H,3-4,11-12H2,1-2H3. The summed E-state index contributed by atoms with van der Waals surface area (Å²) in [6.45, 7) is 4.51. The van der Waals surface area contributed by atoms with E-state index < -0.39 is 0 Å². The Labute approximate surface area is 133 Å². The van der Waals surface area contributed by atoms with Gasteiger partial charge in [-0.3, -0.25) is 5.26 Å². The largest absolute Gasteiger partial charge is 0.381 e. The smallest absolute Gasteiger partial charge is 0.307 e. The summed E-state index contributed by atoms with van der Waals surface area (Å²) < 4.78 is 0. The molecule has 3 rings (SSSR count). The minimum absolute atomic E-state index is 0.0920. The summed E-state index contributed by atoms with van der Waals surface area (Å²) in [5.41, 5.74) is 6.52. The summed E-state index contributed by atoms with van der Waals surface area (Å²) in [4.78, 5) is 4.23. The van der Waals surface area contributed by atoms with Gasteiger partial charge in [0.05, 0.1) is 0 Å². The van der Waals surface area contributed by atoms with E-state index in [0.717, 1.165) is 31.1 Å². The Balaban J connectivity index is 2.23. The van der Waals surface area contributed by atoms with E-state index in [0.29, 0.717) is 0 Å². The van der Waals surface area contributed by atoms with Gasteiger partial charge in [0.2, 0.25) is 0 Å². The molecule has 0 spiro atoms. The highest BCUT2D eigenvalue weighted by atomic mass is 17.1. The van der Waals surface area contributed by atoms with Crippen molar-refractivity contribution in [2.45, 2.75) is 44.9 Å². The first-order chi connectivity index (χ1) is 10.8. The molecule has 0 atom stereocenters. The molecular weight excluding hydrogens is 271 g/mol. The lowest BCUT2D eigenvalue weighted by Gasteiger charge is -2.32. The topological polar surface area (TPSA) is 29.5 Å². The lowest BCUT2D eigenvalue weighted by atomic mass is 9.70. The van der Waals surface area contributed by atoms with Crippen LogP contribution >= 0.6 is 0 Å². The van der Waals surface area contributed by atoms with Crippen LogP contribution in [0.15, 0.2) is 42.5 Å². The second-order valence-corrected chi connectivity index (χ2v) is 6.16. The van der Waals surface area contributed by atoms with Gasteiger partial charge in [-0.1, -0.05) is 69.2 Å². The van der Waals surface area contributed by atoms with Gasteiger partial charge in [-0.25, -0.2) is 0 Å². The maximum atomic E-state index is 8.72. The summed E-state index contributed by atoms with van der Waals surface area (Å²) in [7, 11) is 1.39. The second-order valence-electron chi connectivity index (χ2n) is 6.16. The summed E-state index contributed by atoms with van der Waals surface area (Å²) in [5, 5.41) is 8.72. The van der Waals surface area contributed by atoms with Gasteiger partial charge in [-0.2, -0.15) is 0 Å². The fraction of sp³-hybridized carbons (Fsp3) is 0.368. The average molecular weight is 293 g/mol. The van der Waals surface area contributed by atoms with E-state index in [1.165, 1.54) is 29.7 Å². The van der Waals surface area contributed by atoms with Gasteiger partial charge < -0.3 is 4.81 Å². The molecule has 0 aromatic heterocycles. The molecule has 1 N–H and O–H groups in total. The van der Waals surface area contributed by atoms with E-state index in [2.05, 4.69) is 55.1 Å². The van der Waals surface area contributed by atoms with Crippen LogP contribution in [0.3, 0.4) is 0 Å². The average Bonchev–Trinajstić information content (AvgIpc) is 2.80. The zero-order chi connectivity index (χ0) is 15.6. The number of hydrogen-bond donors (Lipinski definition) is 1. The summed E-state index contributed by atoms with van der Waals surface area (Å²) in [6.07, 6.45) is 4.60. The molecule has 2 aromatic rings. The Morgan fingerprint density at radius 2 is 1.64 bits per heavy atom. The summed E-state index contributed by atoms with van der Waals surface area (Å²) in [5.74, 6) is 0. The van der Waals surface area contributed by atoms with Crippen LogP contribution in [0, 0.1) is 0 Å². The number of benzene rings is 2. The van der Waals surface area contributed by atoms with E-state index >= 15 is 0 Å². The minimum Gasteiger partial charge on any atom is -0.307 e. The van der Waals surface area contributed by atoms with Crippen molar-refractivity contribution in [3.05, 3.63) is 53.6 Å². The van der Waals surface area contributed by atoms with Crippen LogP contribution in [0.1, 0.15) is 50.7 Å². The van der Waals surface area contributed by atoms with Crippen molar-refractivity contribution in [1.29, 1.82) is 0 Å². The molecule has 1 aliphatic carbocycles. The lowest BCUT2D eigenvalue weighted by molar-refractivity contribution is -0.135. The minimum atomic E-state index is 0.0920. The lowest BCUT2D eigenvalue weighted by Crippen LogP contribution is -2.27. The fourth-order valence-corrected chi connectivity index (χ4v) is 4.12. The first-order valence-corrected chi connectivity index (χ1v) is 8.14. The van der Waals surface area contributed by atoms with E-state index in [1.54, 1.807) is 0 Å². The third kappa shape index (κ3) is 2.29. The quantitative estimate of drug-likeness (QED) is 0.489. The van der Waals surface area contributed by atoms with Crippen LogP contribution in [0.2, 0.25) is 0 Å². The number of fused-ring (bicyclic) bond motifs is 3. The molecule has 3 heteroatoms. The van der Waals surface area contributed by atoms with Gasteiger partial charge in [0.1, 0.15) is 0 Å². The molecule has 0 saturated carbocycles. The fourth-order valence-electron chi connectivity index (χ4n) is 4.12. The zero-order valence-electron chi connectivity index (χ0n) is 13.3. The van der Waals surface area contributed by atoms with E-state index in [9.17, 15) is 0 Å². The Hall–Kier alpha value is -1.58. The molecule has 0 heterocycles. The van der Waals surface area contributed by atoms with Gasteiger partial charge in [-0.05, 0) is 40.6 Å². The first-order valence-electron chi connectivity index (χ1n) is 8.14. The molecule has 22 heavy (non-hydrogen) atoms. The zero-order valence-corrected chi connectivity index (χ0v) is 13.3. The molecule has 0 unspecified atom stereocenters. The normalized spacial score (nSPS) is 14.5. The van der Waals surface area contributed by atoms with Crippen molar-refractivity contribution in [3.63, 3.8) is 0 Å². The maximum Gasteiger partial charge on any atom is 0.381 e. The Morgan fingerprint density at radius 1 is 0.955 bits per heavy atom. The van der Waals surface area contributed by atoms with Crippen molar-refractivity contribution in [3.8, 4) is 11.1 Å². The van der Waals surface area contributed by atoms with Crippen LogP contribution in [0.5, 0.6) is 0 Å². The van der Waals surface area contributed by atoms with E-state index in [-0.39, 0.29) is 5.41 Å². The number of hydrogen-bond acceptors (Lipinski definition) is 2. The molecule has 0 amide bonds. The molecule has 1 aliphatic rings. The van der Waals surface area contributed by atoms with Gasteiger partial charge >= 0.3 is 7.48 Å². The van der Waals surface area contributed by atoms with Gasteiger partial charge in [0.25, 0.3) is 0 Å². The summed E-state index contributed by atoms with van der Waals surface area (Å²) in [6, 6.07) is 15.1. The Kier molecular flexibility index (Phi) is 4.37. The highest BCUT2D eigenvalue weighted by Gasteiger charge is 2.41. The molecule has 0 saturated heterocycles. The van der Waals surface area contributed by atoms with E-state index in [4.69, 9.17) is 5.26 Å². The van der Waals surface area contributed by atoms with Crippen LogP contribution in [0.4, 0.5) is 0 Å². The monoisotopic (exact) mass is 293 g/mol. The van der Waals surface area contributed by atoms with Crippen molar-refractivity contribution >= 4 is 12.9 Å². The summed E-state index contributed by atoms with van der Waals surface area (Å²) >= 11 is 0. The molecule has 1 radical (unpaired) electrons. The van der Waals surface area contributed by atoms with Crippen molar-refractivity contribution in [2.75, 3.05) is 0 Å². The Morgan fingerprint density at radius 3 is 2.32 bits per heavy atom. The predicted octanol–water partition coefficient (Wildman–Crippen LogP) is 4.29. The Bertz CT molecular complexity index is 660. The highest BCUT2D eigenvalue weighted by molar-refractivity contribution is 6.46. The maximum absolute atomic E-state index is 8.72. The van der Waals surface area contributed by atoms with Crippen molar-refractivity contribution in [1.82, 2.24) is 0 Å². The third-order valence-electron chi connectivity index (χ3n) is 4.83. The molecule has 0 fully saturated rings. The van der Waals surface area contributed by atoms with Gasteiger partial charge in [0.15, 0.2) is 0 Å². The van der Waals surface area contributed by atoms with Gasteiger partial charge in [0, 0.05) is 5.41 Å². The van der Waals surface area contributed by atoms with Crippen LogP contribution in [0.25, 0.3) is 11.1 Å². The van der Waals surface area contributed by atoms with Crippen LogP contribution < -0.4 is 5.46 Å². The van der Waals surface area contributed by atoms with Crippen LogP contribution in [-0.2, 0) is 10.2 Å². The van der Waals surface area contributed by atoms with Crippen molar-refractivity contribution < 1.29 is 10.1 Å². The third-order valence-corrected chi connectivity index (χ3v) is 4.83. The molecular formula is C19H22BO2.